The molecule has 0 spiro atoms. The van der Waals surface area contributed by atoms with Gasteiger partial charge in [-0.05, 0) is 36.0 Å². The minimum Gasteiger partial charge on any atom is -0.439 e. The van der Waals surface area contributed by atoms with Crippen molar-refractivity contribution in [2.75, 3.05) is 20.6 Å². The first kappa shape index (κ1) is 15.2. The Hall–Kier alpha value is -1.71. The van der Waals surface area contributed by atoms with Crippen LogP contribution in [0.25, 0.3) is 10.6 Å². The first-order valence-corrected chi connectivity index (χ1v) is 8.61. The predicted molar refractivity (Wildman–Crippen MR) is 85.7 cm³/mol. The van der Waals surface area contributed by atoms with Gasteiger partial charge in [-0.15, -0.1) is 16.4 Å². The van der Waals surface area contributed by atoms with Crippen LogP contribution in [0.2, 0.25) is 0 Å². The lowest BCUT2D eigenvalue weighted by Gasteiger charge is -2.09. The molecule has 3 aromatic heterocycles. The average Bonchev–Trinajstić information content (AvgIpc) is 3.22. The third-order valence-corrected chi connectivity index (χ3v) is 4.73. The van der Waals surface area contributed by atoms with Gasteiger partial charge in [0.25, 0.3) is 0 Å². The van der Waals surface area contributed by atoms with Crippen molar-refractivity contribution in [2.45, 2.75) is 17.5 Å². The number of oxazole rings is 1. The first-order chi connectivity index (χ1) is 10.7. The molecule has 3 heterocycles. The zero-order valence-corrected chi connectivity index (χ0v) is 14.0. The van der Waals surface area contributed by atoms with E-state index in [2.05, 4.69) is 25.4 Å². The quantitative estimate of drug-likeness (QED) is 0.613. The number of tetrazole rings is 1. The lowest BCUT2D eigenvalue weighted by Crippen LogP contribution is -2.19. The highest BCUT2D eigenvalue weighted by Crippen LogP contribution is 2.27. The van der Waals surface area contributed by atoms with Gasteiger partial charge >= 0.3 is 0 Å². The topological polar surface area (TPSA) is 72.9 Å². The van der Waals surface area contributed by atoms with Crippen LogP contribution >= 0.6 is 23.1 Å². The van der Waals surface area contributed by atoms with Crippen molar-refractivity contribution in [2.24, 2.45) is 0 Å². The van der Waals surface area contributed by atoms with E-state index in [0.717, 1.165) is 28.9 Å². The van der Waals surface area contributed by atoms with Gasteiger partial charge in [0.2, 0.25) is 11.0 Å². The van der Waals surface area contributed by atoms with Crippen LogP contribution in [0.1, 0.15) is 5.89 Å². The van der Waals surface area contributed by atoms with Crippen LogP contribution in [-0.2, 0) is 12.3 Å². The van der Waals surface area contributed by atoms with Gasteiger partial charge in [-0.3, -0.25) is 0 Å². The fourth-order valence-corrected chi connectivity index (χ4v) is 3.20. The highest BCUT2D eigenvalue weighted by atomic mass is 32.2. The van der Waals surface area contributed by atoms with Crippen molar-refractivity contribution in [3.05, 3.63) is 29.6 Å². The van der Waals surface area contributed by atoms with Gasteiger partial charge in [-0.2, -0.15) is 0 Å². The minimum atomic E-state index is 0.605. The molecule has 0 aliphatic carbocycles. The fraction of sp³-hybridized carbons (Fsp3) is 0.385. The number of rotatable bonds is 7. The SMILES string of the molecule is CN(C)CCn1nnnc1SCc1ncc(-c2cccs2)o1. The van der Waals surface area contributed by atoms with Gasteiger partial charge in [-0.25, -0.2) is 9.67 Å². The number of hydrogen-bond donors (Lipinski definition) is 0. The highest BCUT2D eigenvalue weighted by molar-refractivity contribution is 7.98. The molecule has 3 rings (SSSR count). The smallest absolute Gasteiger partial charge is 0.209 e. The van der Waals surface area contributed by atoms with Gasteiger partial charge in [0.15, 0.2) is 5.76 Å². The zero-order chi connectivity index (χ0) is 15.4. The van der Waals surface area contributed by atoms with Gasteiger partial charge in [0, 0.05) is 6.54 Å². The summed E-state index contributed by atoms with van der Waals surface area (Å²) in [5.41, 5.74) is 0. The molecule has 22 heavy (non-hydrogen) atoms. The lowest BCUT2D eigenvalue weighted by molar-refractivity contribution is 0.361. The summed E-state index contributed by atoms with van der Waals surface area (Å²) >= 11 is 3.16. The predicted octanol–water partition coefficient (Wildman–Crippen LogP) is 2.24. The minimum absolute atomic E-state index is 0.605. The molecule has 0 saturated heterocycles. The molecule has 0 saturated carbocycles. The molecule has 0 N–H and O–H groups in total. The van der Waals surface area contributed by atoms with Crippen LogP contribution in [0.3, 0.4) is 0 Å². The number of hydrogen-bond acceptors (Lipinski definition) is 8. The molecular formula is C13H16N6OS2. The summed E-state index contributed by atoms with van der Waals surface area (Å²) in [5, 5.41) is 14.6. The van der Waals surface area contributed by atoms with Crippen LogP contribution in [-0.4, -0.2) is 50.7 Å². The summed E-state index contributed by atoms with van der Waals surface area (Å²) in [6.07, 6.45) is 1.76. The zero-order valence-electron chi connectivity index (χ0n) is 12.3. The summed E-state index contributed by atoms with van der Waals surface area (Å²) in [6, 6.07) is 4.01. The van der Waals surface area contributed by atoms with E-state index >= 15 is 0 Å². The Morgan fingerprint density at radius 1 is 1.41 bits per heavy atom. The summed E-state index contributed by atoms with van der Waals surface area (Å²) in [4.78, 5) is 7.49. The molecule has 116 valence electrons. The van der Waals surface area contributed by atoms with Gasteiger partial charge in [0.05, 0.1) is 23.4 Å². The number of aromatic nitrogens is 5. The number of likely N-dealkylation sites (N-methyl/N-ethyl adjacent to an activating group) is 1. The van der Waals surface area contributed by atoms with Gasteiger partial charge < -0.3 is 9.32 Å². The lowest BCUT2D eigenvalue weighted by atomic mass is 10.4. The molecule has 0 atom stereocenters. The molecule has 0 amide bonds. The van der Waals surface area contributed by atoms with Crippen molar-refractivity contribution in [1.29, 1.82) is 0 Å². The summed E-state index contributed by atoms with van der Waals surface area (Å²) in [7, 11) is 4.05. The van der Waals surface area contributed by atoms with Crippen LogP contribution < -0.4 is 0 Å². The Labute approximate surface area is 136 Å². The third-order valence-electron chi connectivity index (χ3n) is 2.90. The molecule has 0 aliphatic heterocycles. The maximum Gasteiger partial charge on any atom is 0.209 e. The monoisotopic (exact) mass is 336 g/mol. The van der Waals surface area contributed by atoms with Crippen LogP contribution in [0.4, 0.5) is 0 Å². The second-order valence-electron chi connectivity index (χ2n) is 4.87. The number of thiophene rings is 1. The summed E-state index contributed by atoms with van der Waals surface area (Å²) in [5.74, 6) is 2.08. The molecule has 0 radical (unpaired) electrons. The Morgan fingerprint density at radius 3 is 3.09 bits per heavy atom. The molecule has 9 heteroatoms. The third kappa shape index (κ3) is 3.73. The molecule has 0 unspecified atom stereocenters. The van der Waals surface area contributed by atoms with Crippen molar-refractivity contribution in [3.63, 3.8) is 0 Å². The second kappa shape index (κ2) is 7.03. The van der Waals surface area contributed by atoms with Crippen molar-refractivity contribution < 1.29 is 4.42 Å². The maximum absolute atomic E-state index is 5.76. The largest absolute Gasteiger partial charge is 0.439 e. The van der Waals surface area contributed by atoms with E-state index in [-0.39, 0.29) is 0 Å². The molecule has 7 nitrogen and oxygen atoms in total. The van der Waals surface area contributed by atoms with E-state index in [4.69, 9.17) is 4.42 Å². The van der Waals surface area contributed by atoms with E-state index in [1.54, 1.807) is 22.2 Å². The first-order valence-electron chi connectivity index (χ1n) is 6.74. The number of nitrogens with zero attached hydrogens (tertiary/aromatic N) is 6. The summed E-state index contributed by atoms with van der Waals surface area (Å²) in [6.45, 7) is 1.65. The molecule has 0 aliphatic rings. The molecule has 3 aromatic rings. The molecule has 0 aromatic carbocycles. The Balaban J connectivity index is 1.60. The van der Waals surface area contributed by atoms with E-state index in [1.807, 2.05) is 31.6 Å². The van der Waals surface area contributed by atoms with Crippen molar-refractivity contribution in [3.8, 4) is 10.6 Å². The number of thioether (sulfide) groups is 1. The van der Waals surface area contributed by atoms with E-state index in [9.17, 15) is 0 Å². The van der Waals surface area contributed by atoms with Gasteiger partial charge in [-0.1, -0.05) is 17.8 Å². The Kier molecular flexibility index (Phi) is 4.86. The highest BCUT2D eigenvalue weighted by Gasteiger charge is 2.11. The van der Waals surface area contributed by atoms with Crippen LogP contribution in [0.5, 0.6) is 0 Å². The average molecular weight is 336 g/mol. The van der Waals surface area contributed by atoms with Gasteiger partial charge in [0.1, 0.15) is 0 Å². The van der Waals surface area contributed by atoms with E-state index in [0.29, 0.717) is 11.6 Å². The van der Waals surface area contributed by atoms with E-state index < -0.39 is 0 Å². The summed E-state index contributed by atoms with van der Waals surface area (Å²) < 4.78 is 7.56. The second-order valence-corrected chi connectivity index (χ2v) is 6.76. The maximum atomic E-state index is 5.76. The van der Waals surface area contributed by atoms with Crippen LogP contribution in [0, 0.1) is 0 Å². The fourth-order valence-electron chi connectivity index (χ4n) is 1.77. The molecular weight excluding hydrogens is 320 g/mol. The molecule has 0 fully saturated rings. The van der Waals surface area contributed by atoms with Crippen LogP contribution in [0.15, 0.2) is 33.3 Å². The van der Waals surface area contributed by atoms with Crippen molar-refractivity contribution in [1.82, 2.24) is 30.1 Å². The molecule has 0 bridgehead atoms. The normalized spacial score (nSPS) is 11.4. The standard InChI is InChI=1S/C13H16N6OS2/c1-18(2)5-6-19-13(15-16-17-19)22-9-12-14-8-10(20-12)11-4-3-7-21-11/h3-4,7-8H,5-6,9H2,1-2H3. The van der Waals surface area contributed by atoms with E-state index in [1.165, 1.54) is 11.8 Å². The Morgan fingerprint density at radius 2 is 2.32 bits per heavy atom. The van der Waals surface area contributed by atoms with Crippen molar-refractivity contribution >= 4 is 23.1 Å². The Bertz CT molecular complexity index is 706.